The van der Waals surface area contributed by atoms with E-state index in [-0.39, 0.29) is 5.91 Å². The molecule has 1 aromatic rings. The fourth-order valence-corrected chi connectivity index (χ4v) is 1.00. The molecule has 70 valence electrons. The molecular weight excluding hydrogens is 164 g/mol. The van der Waals surface area contributed by atoms with Gasteiger partial charge in [-0.1, -0.05) is 13.0 Å². The molecule has 1 aromatic carbocycles. The van der Waals surface area contributed by atoms with Crippen LogP contribution in [0.3, 0.4) is 0 Å². The van der Waals surface area contributed by atoms with E-state index in [1.807, 2.05) is 38.2 Å². The second kappa shape index (κ2) is 4.50. The van der Waals surface area contributed by atoms with E-state index in [2.05, 4.69) is 10.6 Å². The molecule has 0 aliphatic heterocycles. The second-order valence-corrected chi connectivity index (χ2v) is 2.73. The predicted octanol–water partition coefficient (Wildman–Crippen LogP) is 2.08. The van der Waals surface area contributed by atoms with Crippen molar-refractivity contribution in [2.45, 2.75) is 13.3 Å². The highest BCUT2D eigenvalue weighted by Crippen LogP contribution is 2.14. The van der Waals surface area contributed by atoms with Crippen molar-refractivity contribution in [1.82, 2.24) is 0 Å². The highest BCUT2D eigenvalue weighted by Gasteiger charge is 1.98. The lowest BCUT2D eigenvalue weighted by molar-refractivity contribution is -0.115. The fourth-order valence-electron chi connectivity index (χ4n) is 1.00. The molecule has 0 bridgehead atoms. The number of carbonyl (C=O) groups is 1. The number of hydrogen-bond acceptors (Lipinski definition) is 2. The van der Waals surface area contributed by atoms with Gasteiger partial charge in [0, 0.05) is 24.8 Å². The zero-order valence-corrected chi connectivity index (χ0v) is 7.92. The van der Waals surface area contributed by atoms with Gasteiger partial charge in [0.1, 0.15) is 0 Å². The maximum absolute atomic E-state index is 11.0. The number of hydrogen-bond donors (Lipinski definition) is 2. The monoisotopic (exact) mass is 178 g/mol. The molecule has 2 N–H and O–H groups in total. The summed E-state index contributed by atoms with van der Waals surface area (Å²) in [6.07, 6.45) is 0.504. The number of anilines is 2. The Labute approximate surface area is 78.2 Å². The van der Waals surface area contributed by atoms with Crippen LogP contribution >= 0.6 is 0 Å². The molecule has 1 rings (SSSR count). The van der Waals surface area contributed by atoms with E-state index >= 15 is 0 Å². The number of rotatable bonds is 3. The van der Waals surface area contributed by atoms with E-state index in [0.717, 1.165) is 11.4 Å². The molecule has 0 atom stereocenters. The summed E-state index contributed by atoms with van der Waals surface area (Å²) in [7, 11) is 1.85. The molecule has 0 aliphatic carbocycles. The summed E-state index contributed by atoms with van der Waals surface area (Å²) in [6, 6.07) is 7.61. The average molecular weight is 178 g/mol. The summed E-state index contributed by atoms with van der Waals surface area (Å²) in [5.74, 6) is 0.0354. The van der Waals surface area contributed by atoms with Crippen LogP contribution in [0, 0.1) is 0 Å². The van der Waals surface area contributed by atoms with Crippen LogP contribution in [0.5, 0.6) is 0 Å². The van der Waals surface area contributed by atoms with Gasteiger partial charge in [0.05, 0.1) is 0 Å². The topological polar surface area (TPSA) is 41.1 Å². The van der Waals surface area contributed by atoms with Crippen molar-refractivity contribution in [1.29, 1.82) is 0 Å². The molecule has 0 aliphatic rings. The number of nitrogens with one attached hydrogen (secondary N) is 2. The minimum Gasteiger partial charge on any atom is -0.388 e. The smallest absolute Gasteiger partial charge is 0.224 e. The lowest BCUT2D eigenvalue weighted by Gasteiger charge is -2.05. The largest absolute Gasteiger partial charge is 0.388 e. The van der Waals surface area contributed by atoms with Crippen molar-refractivity contribution in [3.63, 3.8) is 0 Å². The highest BCUT2D eigenvalue weighted by molar-refractivity contribution is 5.90. The maximum Gasteiger partial charge on any atom is 0.224 e. The first-order valence-corrected chi connectivity index (χ1v) is 4.34. The Hall–Kier alpha value is -1.51. The van der Waals surface area contributed by atoms with Gasteiger partial charge in [-0.2, -0.15) is 0 Å². The van der Waals surface area contributed by atoms with Crippen LogP contribution < -0.4 is 10.6 Å². The first-order chi connectivity index (χ1) is 6.26. The van der Waals surface area contributed by atoms with Crippen molar-refractivity contribution >= 4 is 17.3 Å². The van der Waals surface area contributed by atoms with E-state index < -0.39 is 0 Å². The average Bonchev–Trinajstić information content (AvgIpc) is 2.18. The molecule has 0 saturated carbocycles. The van der Waals surface area contributed by atoms with E-state index in [4.69, 9.17) is 0 Å². The first-order valence-electron chi connectivity index (χ1n) is 4.34. The zero-order chi connectivity index (χ0) is 9.68. The molecule has 3 nitrogen and oxygen atoms in total. The fraction of sp³-hybridized carbons (Fsp3) is 0.300. The summed E-state index contributed by atoms with van der Waals surface area (Å²) in [6.45, 7) is 1.83. The van der Waals surface area contributed by atoms with E-state index in [1.165, 1.54) is 0 Å². The third kappa shape index (κ3) is 2.78. The van der Waals surface area contributed by atoms with Crippen LogP contribution in [-0.2, 0) is 4.79 Å². The Balaban J connectivity index is 2.71. The zero-order valence-electron chi connectivity index (χ0n) is 7.92. The van der Waals surface area contributed by atoms with Crippen LogP contribution in [0.4, 0.5) is 11.4 Å². The molecule has 13 heavy (non-hydrogen) atoms. The van der Waals surface area contributed by atoms with Crippen molar-refractivity contribution in [3.05, 3.63) is 24.3 Å². The van der Waals surface area contributed by atoms with E-state index in [0.29, 0.717) is 6.42 Å². The highest BCUT2D eigenvalue weighted by atomic mass is 16.1. The number of amides is 1. The Bertz CT molecular complexity index is 297. The van der Waals surface area contributed by atoms with E-state index in [1.54, 1.807) is 0 Å². The summed E-state index contributed by atoms with van der Waals surface area (Å²) in [5, 5.41) is 5.79. The summed E-state index contributed by atoms with van der Waals surface area (Å²) < 4.78 is 0. The third-order valence-electron chi connectivity index (χ3n) is 1.76. The Morgan fingerprint density at radius 2 is 2.08 bits per heavy atom. The Kier molecular flexibility index (Phi) is 3.31. The first kappa shape index (κ1) is 9.58. The van der Waals surface area contributed by atoms with Crippen molar-refractivity contribution < 1.29 is 4.79 Å². The summed E-state index contributed by atoms with van der Waals surface area (Å²) in [4.78, 5) is 11.0. The normalized spacial score (nSPS) is 9.38. The summed E-state index contributed by atoms with van der Waals surface area (Å²) >= 11 is 0. The lowest BCUT2D eigenvalue weighted by atomic mass is 10.2. The molecule has 0 radical (unpaired) electrons. The molecule has 3 heteroatoms. The van der Waals surface area contributed by atoms with Gasteiger partial charge < -0.3 is 10.6 Å². The van der Waals surface area contributed by atoms with Crippen molar-refractivity contribution in [2.24, 2.45) is 0 Å². The SMILES string of the molecule is CCC(=O)Nc1cccc(NC)c1. The van der Waals surface area contributed by atoms with Crippen molar-refractivity contribution in [2.75, 3.05) is 17.7 Å². The van der Waals surface area contributed by atoms with Gasteiger partial charge in [-0.3, -0.25) is 4.79 Å². The summed E-state index contributed by atoms with van der Waals surface area (Å²) in [5.41, 5.74) is 1.83. The molecular formula is C10H14N2O. The van der Waals surface area contributed by atoms with Gasteiger partial charge in [0.25, 0.3) is 0 Å². The predicted molar refractivity (Wildman–Crippen MR) is 54.9 cm³/mol. The van der Waals surface area contributed by atoms with Gasteiger partial charge in [-0.05, 0) is 18.2 Å². The molecule has 0 heterocycles. The number of carbonyl (C=O) groups excluding carboxylic acids is 1. The van der Waals surface area contributed by atoms with Crippen LogP contribution in [0.25, 0.3) is 0 Å². The van der Waals surface area contributed by atoms with Gasteiger partial charge in [-0.15, -0.1) is 0 Å². The third-order valence-corrected chi connectivity index (χ3v) is 1.76. The van der Waals surface area contributed by atoms with Gasteiger partial charge in [0.15, 0.2) is 0 Å². The van der Waals surface area contributed by atoms with Crippen molar-refractivity contribution in [3.8, 4) is 0 Å². The molecule has 0 aromatic heterocycles. The lowest BCUT2D eigenvalue weighted by Crippen LogP contribution is -2.09. The van der Waals surface area contributed by atoms with Gasteiger partial charge >= 0.3 is 0 Å². The molecule has 0 fully saturated rings. The van der Waals surface area contributed by atoms with Crippen LogP contribution in [0.2, 0.25) is 0 Å². The van der Waals surface area contributed by atoms with Crippen LogP contribution in [0.15, 0.2) is 24.3 Å². The molecule has 1 amide bonds. The van der Waals surface area contributed by atoms with Crippen LogP contribution in [0.1, 0.15) is 13.3 Å². The van der Waals surface area contributed by atoms with Gasteiger partial charge in [-0.25, -0.2) is 0 Å². The standard InChI is InChI=1S/C10H14N2O/c1-3-10(13)12-9-6-4-5-8(7-9)11-2/h4-7,11H,3H2,1-2H3,(H,12,13). The van der Waals surface area contributed by atoms with Gasteiger partial charge in [0.2, 0.25) is 5.91 Å². The minimum absolute atomic E-state index is 0.0354. The molecule has 0 spiro atoms. The number of benzene rings is 1. The van der Waals surface area contributed by atoms with E-state index in [9.17, 15) is 4.79 Å². The van der Waals surface area contributed by atoms with Crippen LogP contribution in [-0.4, -0.2) is 13.0 Å². The quantitative estimate of drug-likeness (QED) is 0.744. The maximum atomic E-state index is 11.0. The Morgan fingerprint density at radius 1 is 1.38 bits per heavy atom. The Morgan fingerprint density at radius 3 is 2.69 bits per heavy atom. The second-order valence-electron chi connectivity index (χ2n) is 2.73. The molecule has 0 unspecified atom stereocenters. The molecule has 0 saturated heterocycles. The minimum atomic E-state index is 0.0354.